The van der Waals surface area contributed by atoms with Gasteiger partial charge in [-0.1, -0.05) is 35.0 Å². The molecule has 0 saturated carbocycles. The van der Waals surface area contributed by atoms with Crippen molar-refractivity contribution in [2.24, 2.45) is 0 Å². The Balaban J connectivity index is 0.00000240. The number of carbonyl (C=O) groups is 1. The molecule has 2 aromatic carbocycles. The molecule has 0 aliphatic carbocycles. The van der Waals surface area contributed by atoms with Gasteiger partial charge in [0.1, 0.15) is 11.6 Å². The molecule has 0 fully saturated rings. The van der Waals surface area contributed by atoms with Crippen molar-refractivity contribution >= 4 is 46.6 Å². The van der Waals surface area contributed by atoms with E-state index >= 15 is 0 Å². The van der Waals surface area contributed by atoms with E-state index in [-0.39, 0.29) is 23.8 Å². The van der Waals surface area contributed by atoms with Gasteiger partial charge >= 0.3 is 0 Å². The second-order valence-corrected chi connectivity index (χ2v) is 6.80. The standard InChI is InChI=1S/C21H15ClFN3O2.ClH/c1-11-9-18(26-28-11)25-21(27)19-12(2)24-17-8-7-13(22)10-15(17)20(19)14-5-3-4-6-16(14)23;/h3-10H,1-2H3,(H,25,26,27);1H. The van der Waals surface area contributed by atoms with E-state index in [9.17, 15) is 9.18 Å². The van der Waals surface area contributed by atoms with Crippen molar-refractivity contribution in [1.29, 1.82) is 0 Å². The zero-order chi connectivity index (χ0) is 19.8. The minimum Gasteiger partial charge on any atom is -0.360 e. The number of pyridine rings is 1. The predicted molar refractivity (Wildman–Crippen MR) is 113 cm³/mol. The first-order valence-electron chi connectivity index (χ1n) is 8.53. The molecule has 4 aromatic rings. The summed E-state index contributed by atoms with van der Waals surface area (Å²) in [6, 6.07) is 13.0. The minimum absolute atomic E-state index is 0. The van der Waals surface area contributed by atoms with Crippen molar-refractivity contribution in [3.63, 3.8) is 0 Å². The number of nitrogens with one attached hydrogen (secondary N) is 1. The predicted octanol–water partition coefficient (Wildman–Crippen LogP) is 5.97. The van der Waals surface area contributed by atoms with Gasteiger partial charge in [-0.25, -0.2) is 4.39 Å². The van der Waals surface area contributed by atoms with E-state index in [1.165, 1.54) is 6.07 Å². The SMILES string of the molecule is Cc1cc(NC(=O)c2c(C)nc3ccc(Cl)cc3c2-c2ccccc2F)no1.Cl. The van der Waals surface area contributed by atoms with Gasteiger partial charge in [-0.3, -0.25) is 9.78 Å². The van der Waals surface area contributed by atoms with Crippen molar-refractivity contribution in [2.75, 3.05) is 5.32 Å². The van der Waals surface area contributed by atoms with Crippen molar-refractivity contribution in [3.8, 4) is 11.1 Å². The Labute approximate surface area is 177 Å². The molecule has 148 valence electrons. The lowest BCUT2D eigenvalue weighted by Crippen LogP contribution is -2.16. The van der Waals surface area contributed by atoms with E-state index in [1.807, 2.05) is 0 Å². The normalized spacial score (nSPS) is 10.6. The van der Waals surface area contributed by atoms with Gasteiger partial charge in [0.25, 0.3) is 5.91 Å². The number of hydrogen-bond donors (Lipinski definition) is 1. The molecule has 1 N–H and O–H groups in total. The second kappa shape index (κ2) is 8.19. The lowest BCUT2D eigenvalue weighted by molar-refractivity contribution is 0.102. The number of halogens is 3. The van der Waals surface area contributed by atoms with Crippen LogP contribution >= 0.6 is 24.0 Å². The maximum absolute atomic E-state index is 14.7. The third kappa shape index (κ3) is 3.95. The Morgan fingerprint density at radius 1 is 1.14 bits per heavy atom. The highest BCUT2D eigenvalue weighted by Gasteiger charge is 2.23. The fourth-order valence-electron chi connectivity index (χ4n) is 3.18. The smallest absolute Gasteiger partial charge is 0.259 e. The number of benzene rings is 2. The number of aromatic nitrogens is 2. The summed E-state index contributed by atoms with van der Waals surface area (Å²) in [5, 5.41) is 7.53. The Kier molecular flexibility index (Phi) is 5.86. The molecular weight excluding hydrogens is 416 g/mol. The van der Waals surface area contributed by atoms with Gasteiger partial charge in [0.2, 0.25) is 0 Å². The molecule has 0 aliphatic rings. The maximum Gasteiger partial charge on any atom is 0.259 e. The average Bonchev–Trinajstić information content (AvgIpc) is 3.06. The highest BCUT2D eigenvalue weighted by Crippen LogP contribution is 2.36. The molecule has 29 heavy (non-hydrogen) atoms. The van der Waals surface area contributed by atoms with E-state index in [2.05, 4.69) is 15.5 Å². The highest BCUT2D eigenvalue weighted by atomic mass is 35.5. The van der Waals surface area contributed by atoms with E-state index in [1.54, 1.807) is 56.3 Å². The van der Waals surface area contributed by atoms with Crippen LogP contribution in [-0.2, 0) is 0 Å². The van der Waals surface area contributed by atoms with E-state index < -0.39 is 11.7 Å². The van der Waals surface area contributed by atoms with Gasteiger partial charge in [-0.2, -0.15) is 0 Å². The van der Waals surface area contributed by atoms with Gasteiger partial charge in [0.15, 0.2) is 5.82 Å². The first-order valence-corrected chi connectivity index (χ1v) is 8.91. The lowest BCUT2D eigenvalue weighted by atomic mass is 9.93. The van der Waals surface area contributed by atoms with Crippen LogP contribution in [0.5, 0.6) is 0 Å². The van der Waals surface area contributed by atoms with E-state index in [0.717, 1.165) is 0 Å². The van der Waals surface area contributed by atoms with Gasteiger partial charge in [0.05, 0.1) is 16.8 Å². The number of anilines is 1. The van der Waals surface area contributed by atoms with Crippen LogP contribution in [0.15, 0.2) is 53.1 Å². The number of amides is 1. The summed E-state index contributed by atoms with van der Waals surface area (Å²) in [6.07, 6.45) is 0. The summed E-state index contributed by atoms with van der Waals surface area (Å²) in [7, 11) is 0. The topological polar surface area (TPSA) is 68.0 Å². The Morgan fingerprint density at radius 3 is 2.59 bits per heavy atom. The number of nitrogens with zero attached hydrogens (tertiary/aromatic N) is 2. The monoisotopic (exact) mass is 431 g/mol. The van der Waals surface area contributed by atoms with E-state index in [0.29, 0.717) is 38.5 Å². The molecule has 0 unspecified atom stereocenters. The van der Waals surface area contributed by atoms with Crippen molar-refractivity contribution in [1.82, 2.24) is 10.1 Å². The molecule has 5 nitrogen and oxygen atoms in total. The first kappa shape index (κ1) is 20.8. The summed E-state index contributed by atoms with van der Waals surface area (Å²) in [6.45, 7) is 3.43. The fourth-order valence-corrected chi connectivity index (χ4v) is 3.36. The third-order valence-electron chi connectivity index (χ3n) is 4.37. The second-order valence-electron chi connectivity index (χ2n) is 6.37. The van der Waals surface area contributed by atoms with Crippen molar-refractivity contribution < 1.29 is 13.7 Å². The average molecular weight is 432 g/mol. The maximum atomic E-state index is 14.7. The van der Waals surface area contributed by atoms with Crippen LogP contribution in [0.3, 0.4) is 0 Å². The molecule has 0 atom stereocenters. The summed E-state index contributed by atoms with van der Waals surface area (Å²) >= 11 is 6.18. The molecule has 2 heterocycles. The molecule has 0 saturated heterocycles. The van der Waals surface area contributed by atoms with Crippen LogP contribution in [0.25, 0.3) is 22.0 Å². The molecule has 0 bridgehead atoms. The minimum atomic E-state index is -0.460. The van der Waals surface area contributed by atoms with Crippen LogP contribution in [0.4, 0.5) is 10.2 Å². The third-order valence-corrected chi connectivity index (χ3v) is 4.60. The molecule has 4 rings (SSSR count). The number of hydrogen-bond acceptors (Lipinski definition) is 4. The first-order chi connectivity index (χ1) is 13.4. The summed E-state index contributed by atoms with van der Waals surface area (Å²) in [5.41, 5.74) is 2.06. The summed E-state index contributed by atoms with van der Waals surface area (Å²) < 4.78 is 19.7. The highest BCUT2D eigenvalue weighted by molar-refractivity contribution is 6.31. The summed E-state index contributed by atoms with van der Waals surface area (Å²) in [4.78, 5) is 17.6. The van der Waals surface area contributed by atoms with E-state index in [4.69, 9.17) is 16.1 Å². The van der Waals surface area contributed by atoms with Crippen LogP contribution in [-0.4, -0.2) is 16.0 Å². The Hall–Kier alpha value is -2.96. The van der Waals surface area contributed by atoms with Crippen molar-refractivity contribution in [2.45, 2.75) is 13.8 Å². The molecular formula is C21H16Cl2FN3O2. The number of rotatable bonds is 3. The Morgan fingerprint density at radius 2 is 1.90 bits per heavy atom. The molecule has 8 heteroatoms. The molecule has 0 radical (unpaired) electrons. The molecule has 0 spiro atoms. The van der Waals surface area contributed by atoms with Crippen LogP contribution in [0, 0.1) is 19.7 Å². The number of carbonyl (C=O) groups excluding carboxylic acids is 1. The van der Waals surface area contributed by atoms with Crippen molar-refractivity contribution in [3.05, 3.63) is 76.4 Å². The molecule has 0 aliphatic heterocycles. The van der Waals surface area contributed by atoms with Gasteiger partial charge in [0, 0.05) is 27.6 Å². The zero-order valence-corrected chi connectivity index (χ0v) is 17.1. The Bertz CT molecular complexity index is 1220. The molecule has 1 amide bonds. The van der Waals surface area contributed by atoms with Crippen LogP contribution < -0.4 is 5.32 Å². The molecule has 2 aromatic heterocycles. The fraction of sp³-hybridized carbons (Fsp3) is 0.0952. The number of fused-ring (bicyclic) bond motifs is 1. The lowest BCUT2D eigenvalue weighted by Gasteiger charge is -2.16. The quantitative estimate of drug-likeness (QED) is 0.433. The van der Waals surface area contributed by atoms with Gasteiger partial charge in [-0.15, -0.1) is 12.4 Å². The largest absolute Gasteiger partial charge is 0.360 e. The summed E-state index contributed by atoms with van der Waals surface area (Å²) in [5.74, 6) is -0.0727. The van der Waals surface area contributed by atoms with Gasteiger partial charge < -0.3 is 9.84 Å². The zero-order valence-electron chi connectivity index (χ0n) is 15.5. The number of aryl methyl sites for hydroxylation is 2. The van der Waals surface area contributed by atoms with Crippen LogP contribution in [0.2, 0.25) is 5.02 Å². The van der Waals surface area contributed by atoms with Gasteiger partial charge in [-0.05, 0) is 38.1 Å². The van der Waals surface area contributed by atoms with Crippen LogP contribution in [0.1, 0.15) is 21.8 Å².